The van der Waals surface area contributed by atoms with E-state index in [1.807, 2.05) is 25.9 Å². The van der Waals surface area contributed by atoms with Crippen molar-refractivity contribution in [3.8, 4) is 0 Å². The highest BCUT2D eigenvalue weighted by atomic mass is 32.2. The number of sulfone groups is 1. The molecule has 1 heterocycles. The number of hydrogen-bond acceptors (Lipinski definition) is 6. The van der Waals surface area contributed by atoms with Crippen molar-refractivity contribution in [1.82, 2.24) is 9.97 Å². The summed E-state index contributed by atoms with van der Waals surface area (Å²) in [5, 5.41) is 3.08. The van der Waals surface area contributed by atoms with E-state index >= 15 is 0 Å². The Hall–Kier alpha value is -1.37. The van der Waals surface area contributed by atoms with Gasteiger partial charge in [-0.1, -0.05) is 20.8 Å². The van der Waals surface area contributed by atoms with Crippen molar-refractivity contribution < 1.29 is 8.42 Å². The highest BCUT2D eigenvalue weighted by Crippen LogP contribution is 2.27. The summed E-state index contributed by atoms with van der Waals surface area (Å²) < 4.78 is 22.7. The molecule has 1 aromatic rings. The Bertz CT molecular complexity index is 606. The van der Waals surface area contributed by atoms with Gasteiger partial charge < -0.3 is 10.2 Å². The molecule has 0 saturated carbocycles. The van der Waals surface area contributed by atoms with Gasteiger partial charge >= 0.3 is 0 Å². The van der Waals surface area contributed by atoms with Crippen LogP contribution < -0.4 is 10.2 Å². The fourth-order valence-corrected chi connectivity index (χ4v) is 2.47. The molecule has 0 amide bonds. The summed E-state index contributed by atoms with van der Waals surface area (Å²) in [6.07, 6.45) is 1.24. The normalized spacial score (nSPS) is 12.3. The van der Waals surface area contributed by atoms with E-state index in [4.69, 9.17) is 0 Å². The van der Waals surface area contributed by atoms with Gasteiger partial charge in [0.05, 0.1) is 5.75 Å². The number of nitrogens with one attached hydrogen (secondary N) is 1. The third kappa shape index (κ3) is 4.84. The molecule has 1 aromatic heterocycles. The van der Waals surface area contributed by atoms with Crippen molar-refractivity contribution in [2.75, 3.05) is 42.9 Å². The second-order valence-corrected chi connectivity index (χ2v) is 8.66. The largest absolute Gasteiger partial charge is 0.373 e. The summed E-state index contributed by atoms with van der Waals surface area (Å²) >= 11 is 0. The molecule has 0 unspecified atom stereocenters. The predicted molar refractivity (Wildman–Crippen MR) is 88.0 cm³/mol. The summed E-state index contributed by atoms with van der Waals surface area (Å²) in [5.41, 5.74) is 0.743. The quantitative estimate of drug-likeness (QED) is 0.890. The molecule has 0 atom stereocenters. The van der Waals surface area contributed by atoms with E-state index in [0.717, 1.165) is 23.0 Å². The maximum Gasteiger partial charge on any atom is 0.149 e. The summed E-state index contributed by atoms with van der Waals surface area (Å²) in [7, 11) is 0.680. The van der Waals surface area contributed by atoms with Gasteiger partial charge in [0.15, 0.2) is 0 Å². The molecule has 0 aliphatic heterocycles. The SMILES string of the molecule is CNc1nc(C(C)(C)C)nc(N(C)CCS(C)(=O)=O)c1C. The Balaban J connectivity index is 3.21. The maximum atomic E-state index is 11.3. The molecule has 1 rings (SSSR count). The highest BCUT2D eigenvalue weighted by Gasteiger charge is 2.22. The van der Waals surface area contributed by atoms with Crippen LogP contribution in [0.5, 0.6) is 0 Å². The van der Waals surface area contributed by atoms with Crippen LogP contribution in [0.2, 0.25) is 0 Å². The van der Waals surface area contributed by atoms with Gasteiger partial charge in [0.25, 0.3) is 0 Å². The summed E-state index contributed by atoms with van der Waals surface area (Å²) in [6, 6.07) is 0. The van der Waals surface area contributed by atoms with Gasteiger partial charge in [-0.3, -0.25) is 0 Å². The Morgan fingerprint density at radius 2 is 1.81 bits per heavy atom. The van der Waals surface area contributed by atoms with E-state index in [9.17, 15) is 8.42 Å². The minimum Gasteiger partial charge on any atom is -0.373 e. The first kappa shape index (κ1) is 17.7. The van der Waals surface area contributed by atoms with Crippen LogP contribution in [-0.4, -0.2) is 51.0 Å². The van der Waals surface area contributed by atoms with E-state index in [1.54, 1.807) is 0 Å². The maximum absolute atomic E-state index is 11.3. The van der Waals surface area contributed by atoms with E-state index in [2.05, 4.69) is 36.1 Å². The third-order valence-electron chi connectivity index (χ3n) is 3.19. The molecule has 0 aliphatic rings. The van der Waals surface area contributed by atoms with Crippen LogP contribution in [0, 0.1) is 6.92 Å². The van der Waals surface area contributed by atoms with Gasteiger partial charge in [-0.05, 0) is 6.92 Å². The molecule has 0 spiro atoms. The number of nitrogens with zero attached hydrogens (tertiary/aromatic N) is 3. The lowest BCUT2D eigenvalue weighted by molar-refractivity contribution is 0.544. The highest BCUT2D eigenvalue weighted by molar-refractivity contribution is 7.90. The molecule has 0 aromatic carbocycles. The second kappa shape index (κ2) is 6.17. The fraction of sp³-hybridized carbons (Fsp3) is 0.714. The third-order valence-corrected chi connectivity index (χ3v) is 4.11. The Morgan fingerprint density at radius 1 is 1.24 bits per heavy atom. The lowest BCUT2D eigenvalue weighted by atomic mass is 9.95. The number of rotatable bonds is 5. The molecule has 0 radical (unpaired) electrons. The average molecular weight is 314 g/mol. The van der Waals surface area contributed by atoms with Gasteiger partial charge in [-0.15, -0.1) is 0 Å². The zero-order chi connectivity index (χ0) is 16.4. The number of hydrogen-bond donors (Lipinski definition) is 1. The van der Waals surface area contributed by atoms with E-state index < -0.39 is 9.84 Å². The zero-order valence-corrected chi connectivity index (χ0v) is 14.8. The lowest BCUT2D eigenvalue weighted by Crippen LogP contribution is -2.28. The van der Waals surface area contributed by atoms with Crippen LogP contribution >= 0.6 is 0 Å². The predicted octanol–water partition coefficient (Wildman–Crippen LogP) is 1.61. The van der Waals surface area contributed by atoms with Crippen LogP contribution in [0.3, 0.4) is 0 Å². The first-order valence-corrected chi connectivity index (χ1v) is 8.97. The van der Waals surface area contributed by atoms with Gasteiger partial charge in [-0.25, -0.2) is 18.4 Å². The molecule has 6 nitrogen and oxygen atoms in total. The van der Waals surface area contributed by atoms with Crippen LogP contribution in [0.25, 0.3) is 0 Å². The molecule has 0 fully saturated rings. The van der Waals surface area contributed by atoms with Crippen molar-refractivity contribution >= 4 is 21.5 Å². The van der Waals surface area contributed by atoms with Crippen molar-refractivity contribution in [2.45, 2.75) is 33.1 Å². The van der Waals surface area contributed by atoms with Crippen LogP contribution in [-0.2, 0) is 15.3 Å². The number of anilines is 2. The van der Waals surface area contributed by atoms with Crippen molar-refractivity contribution in [1.29, 1.82) is 0 Å². The molecule has 1 N–H and O–H groups in total. The topological polar surface area (TPSA) is 75.2 Å². The molecule has 0 saturated heterocycles. The van der Waals surface area contributed by atoms with E-state index in [-0.39, 0.29) is 11.2 Å². The standard InChI is InChI=1S/C14H26N4O2S/c1-10-11(15-5)16-13(14(2,3)4)17-12(10)18(6)8-9-21(7,19)20/h8-9H2,1-7H3,(H,15,16,17). The monoisotopic (exact) mass is 314 g/mol. The van der Waals surface area contributed by atoms with Crippen molar-refractivity contribution in [2.24, 2.45) is 0 Å². The zero-order valence-electron chi connectivity index (χ0n) is 14.0. The van der Waals surface area contributed by atoms with Crippen molar-refractivity contribution in [3.05, 3.63) is 11.4 Å². The smallest absolute Gasteiger partial charge is 0.149 e. The molecular weight excluding hydrogens is 288 g/mol. The first-order chi connectivity index (χ1) is 9.45. The molecule has 7 heteroatoms. The Kier molecular flexibility index (Phi) is 5.20. The van der Waals surface area contributed by atoms with Crippen molar-refractivity contribution in [3.63, 3.8) is 0 Å². The molecule has 21 heavy (non-hydrogen) atoms. The summed E-state index contributed by atoms with van der Waals surface area (Å²) in [4.78, 5) is 11.0. The minimum absolute atomic E-state index is 0.104. The summed E-state index contributed by atoms with van der Waals surface area (Å²) in [6.45, 7) is 8.50. The van der Waals surface area contributed by atoms with Crippen LogP contribution in [0.4, 0.5) is 11.6 Å². The molecule has 120 valence electrons. The summed E-state index contributed by atoms with van der Waals surface area (Å²) in [5.74, 6) is 2.38. The lowest BCUT2D eigenvalue weighted by Gasteiger charge is -2.25. The molecule has 0 bridgehead atoms. The Morgan fingerprint density at radius 3 is 2.24 bits per heavy atom. The Labute approximate surface area is 127 Å². The van der Waals surface area contributed by atoms with Gasteiger partial charge in [0.2, 0.25) is 0 Å². The number of aromatic nitrogens is 2. The van der Waals surface area contributed by atoms with E-state index in [0.29, 0.717) is 6.54 Å². The van der Waals surface area contributed by atoms with Gasteiger partial charge in [0, 0.05) is 37.9 Å². The van der Waals surface area contributed by atoms with Crippen LogP contribution in [0.1, 0.15) is 32.2 Å². The van der Waals surface area contributed by atoms with Gasteiger partial charge in [-0.2, -0.15) is 0 Å². The first-order valence-electron chi connectivity index (χ1n) is 6.91. The minimum atomic E-state index is -2.99. The molecule has 0 aliphatic carbocycles. The van der Waals surface area contributed by atoms with E-state index in [1.165, 1.54) is 6.26 Å². The second-order valence-electron chi connectivity index (χ2n) is 6.40. The van der Waals surface area contributed by atoms with Gasteiger partial charge in [0.1, 0.15) is 27.3 Å². The molecular formula is C14H26N4O2S. The fourth-order valence-electron chi connectivity index (χ4n) is 1.86. The average Bonchev–Trinajstić information content (AvgIpc) is 2.34. The van der Waals surface area contributed by atoms with Crippen LogP contribution in [0.15, 0.2) is 0 Å².